The summed E-state index contributed by atoms with van der Waals surface area (Å²) in [5, 5.41) is 2.87. The minimum Gasteiger partial charge on any atom is -0.379 e. The number of methoxy groups -OCH3 is 1. The zero-order valence-electron chi connectivity index (χ0n) is 16.4. The quantitative estimate of drug-likeness (QED) is 0.322. The second-order valence-electron chi connectivity index (χ2n) is 7.95. The molecule has 6 heteroatoms. The highest BCUT2D eigenvalue weighted by atomic mass is 16.5. The van der Waals surface area contributed by atoms with Crippen molar-refractivity contribution in [3.63, 3.8) is 0 Å². The number of nitrogens with two attached hydrogens (primary N) is 1. The minimum atomic E-state index is -0.150. The molecule has 4 atom stereocenters. The Morgan fingerprint density at radius 2 is 1.81 bits per heavy atom. The summed E-state index contributed by atoms with van der Waals surface area (Å²) in [7, 11) is 1.63. The maximum Gasteiger partial charge on any atom is 0.220 e. The number of unbranched alkanes of at least 4 members (excludes halogenated alkanes) is 4. The van der Waals surface area contributed by atoms with E-state index in [0.29, 0.717) is 50.2 Å². The fourth-order valence-corrected chi connectivity index (χ4v) is 3.80. The number of carbonyl (C=O) groups is 2. The smallest absolute Gasteiger partial charge is 0.220 e. The molecule has 0 aromatic rings. The van der Waals surface area contributed by atoms with Crippen LogP contribution in [0.15, 0.2) is 0 Å². The van der Waals surface area contributed by atoms with Gasteiger partial charge in [0.25, 0.3) is 0 Å². The zero-order valence-corrected chi connectivity index (χ0v) is 16.4. The van der Waals surface area contributed by atoms with E-state index in [1.54, 1.807) is 7.11 Å². The fourth-order valence-electron chi connectivity index (χ4n) is 3.80. The van der Waals surface area contributed by atoms with Gasteiger partial charge < -0.3 is 20.5 Å². The van der Waals surface area contributed by atoms with E-state index in [2.05, 4.69) is 12.2 Å². The van der Waals surface area contributed by atoms with Gasteiger partial charge in [0.1, 0.15) is 12.0 Å². The molecular weight excluding hydrogens is 332 g/mol. The summed E-state index contributed by atoms with van der Waals surface area (Å²) in [6.45, 7) is 3.55. The van der Waals surface area contributed by atoms with E-state index in [4.69, 9.17) is 15.2 Å². The van der Waals surface area contributed by atoms with Crippen molar-refractivity contribution < 1.29 is 19.1 Å². The van der Waals surface area contributed by atoms with Crippen molar-refractivity contribution in [2.24, 2.45) is 23.0 Å². The van der Waals surface area contributed by atoms with E-state index in [-0.39, 0.29) is 17.6 Å². The highest BCUT2D eigenvalue weighted by Gasteiger charge is 2.76. The molecule has 2 fully saturated rings. The Balaban J connectivity index is 1.32. The Kier molecular flexibility index (Phi) is 8.51. The molecule has 0 spiro atoms. The van der Waals surface area contributed by atoms with Gasteiger partial charge in [-0.1, -0.05) is 26.2 Å². The number of hydrogen-bond acceptors (Lipinski definition) is 5. The number of hydrogen-bond donors (Lipinski definition) is 2. The van der Waals surface area contributed by atoms with E-state index in [9.17, 15) is 9.59 Å². The minimum absolute atomic E-state index is 0.00657. The van der Waals surface area contributed by atoms with Crippen LogP contribution in [-0.2, 0) is 19.1 Å². The lowest BCUT2D eigenvalue weighted by Gasteiger charge is -2.14. The zero-order chi connectivity index (χ0) is 19.0. The molecule has 26 heavy (non-hydrogen) atoms. The predicted octanol–water partition coefficient (Wildman–Crippen LogP) is 2.40. The maximum atomic E-state index is 12.0. The van der Waals surface area contributed by atoms with E-state index in [1.807, 2.05) is 0 Å². The molecule has 0 radical (unpaired) electrons. The Bertz CT molecular complexity index is 461. The van der Waals surface area contributed by atoms with Crippen LogP contribution < -0.4 is 11.1 Å². The van der Waals surface area contributed by atoms with Gasteiger partial charge in [0.15, 0.2) is 0 Å². The highest BCUT2D eigenvalue weighted by Crippen LogP contribution is 2.77. The number of nitrogens with one attached hydrogen (secondary N) is 1. The largest absolute Gasteiger partial charge is 0.379 e. The molecule has 3 N–H and O–H groups in total. The van der Waals surface area contributed by atoms with E-state index >= 15 is 0 Å². The number of carbonyl (C=O) groups excluding carboxylic acids is 2. The van der Waals surface area contributed by atoms with Crippen molar-refractivity contribution in [3.8, 4) is 0 Å². The van der Waals surface area contributed by atoms with Crippen molar-refractivity contribution in [1.82, 2.24) is 5.32 Å². The van der Waals surface area contributed by atoms with Gasteiger partial charge in [0.05, 0.1) is 13.2 Å². The van der Waals surface area contributed by atoms with Gasteiger partial charge in [0, 0.05) is 31.9 Å². The number of fused-ring (bicyclic) bond motifs is 1. The van der Waals surface area contributed by atoms with E-state index in [0.717, 1.165) is 38.5 Å². The van der Waals surface area contributed by atoms with Crippen molar-refractivity contribution in [2.45, 2.75) is 70.9 Å². The molecule has 2 aliphatic carbocycles. The topological polar surface area (TPSA) is 90.7 Å². The normalized spacial score (nSPS) is 26.9. The number of Topliss-reactive ketones (excluding diaryl/α,β-unsaturated/α-hetero) is 1. The van der Waals surface area contributed by atoms with Crippen LogP contribution >= 0.6 is 0 Å². The van der Waals surface area contributed by atoms with Gasteiger partial charge in [-0.2, -0.15) is 0 Å². The van der Waals surface area contributed by atoms with Crippen LogP contribution in [0.1, 0.15) is 64.7 Å². The molecule has 0 aromatic carbocycles. The van der Waals surface area contributed by atoms with Gasteiger partial charge in [-0.25, -0.2) is 0 Å². The van der Waals surface area contributed by atoms with Crippen LogP contribution in [0.3, 0.4) is 0 Å². The molecule has 6 nitrogen and oxygen atoms in total. The lowest BCUT2D eigenvalue weighted by atomic mass is 9.90. The highest BCUT2D eigenvalue weighted by molar-refractivity contribution is 5.90. The molecule has 2 saturated carbocycles. The average molecular weight is 369 g/mol. The van der Waals surface area contributed by atoms with E-state index < -0.39 is 0 Å². The average Bonchev–Trinajstić information content (AvgIpc) is 3.54. The second kappa shape index (κ2) is 10.4. The van der Waals surface area contributed by atoms with Gasteiger partial charge in [-0.3, -0.25) is 9.59 Å². The fraction of sp³-hybridized carbons (Fsp3) is 0.900. The Morgan fingerprint density at radius 3 is 2.46 bits per heavy atom. The van der Waals surface area contributed by atoms with Gasteiger partial charge in [0.2, 0.25) is 5.91 Å². The number of rotatable bonds is 16. The summed E-state index contributed by atoms with van der Waals surface area (Å²) in [5.74, 6) is 1.79. The maximum absolute atomic E-state index is 12.0. The summed E-state index contributed by atoms with van der Waals surface area (Å²) in [5.41, 5.74) is 5.67. The summed E-state index contributed by atoms with van der Waals surface area (Å²) in [6.07, 6.45) is 8.37. The number of ketones is 1. The molecule has 1 unspecified atom stereocenters. The van der Waals surface area contributed by atoms with E-state index in [1.165, 1.54) is 6.42 Å². The van der Waals surface area contributed by atoms with Crippen LogP contribution in [0.2, 0.25) is 0 Å². The van der Waals surface area contributed by atoms with Crippen molar-refractivity contribution in [3.05, 3.63) is 0 Å². The molecule has 0 aromatic heterocycles. The third kappa shape index (κ3) is 6.32. The molecule has 0 bridgehead atoms. The lowest BCUT2D eigenvalue weighted by Crippen LogP contribution is -2.27. The van der Waals surface area contributed by atoms with Crippen LogP contribution in [0, 0.1) is 17.3 Å². The third-order valence-electron chi connectivity index (χ3n) is 6.06. The summed E-state index contributed by atoms with van der Waals surface area (Å²) in [4.78, 5) is 23.7. The van der Waals surface area contributed by atoms with Gasteiger partial charge in [-0.05, 0) is 37.5 Å². The monoisotopic (exact) mass is 368 g/mol. The van der Waals surface area contributed by atoms with Crippen LogP contribution in [0.25, 0.3) is 0 Å². The van der Waals surface area contributed by atoms with Gasteiger partial charge in [-0.15, -0.1) is 0 Å². The summed E-state index contributed by atoms with van der Waals surface area (Å²) in [6, 6.07) is 0. The third-order valence-corrected chi connectivity index (χ3v) is 6.06. The number of amides is 1. The lowest BCUT2D eigenvalue weighted by molar-refractivity contribution is -0.127. The molecule has 1 amide bonds. The van der Waals surface area contributed by atoms with Crippen LogP contribution in [0.4, 0.5) is 0 Å². The first-order valence-corrected chi connectivity index (χ1v) is 10.2. The molecule has 2 aliphatic rings. The molecule has 2 rings (SSSR count). The summed E-state index contributed by atoms with van der Waals surface area (Å²) < 4.78 is 10.5. The standard InChI is InChI=1S/C20H36N2O4/c1-20(15-14-16(15)20)17(23)10-12-26-13-11-22-19(24)9-7-5-3-4-6-8-18(21)25-2/h15-16,18H,3-14,21H2,1-2H3,(H,22,24)/t15-,16?,18+,20+/m0/s1. The first-order chi connectivity index (χ1) is 12.5. The Morgan fingerprint density at radius 1 is 1.12 bits per heavy atom. The first-order valence-electron chi connectivity index (χ1n) is 10.2. The van der Waals surface area contributed by atoms with Crippen molar-refractivity contribution in [2.75, 3.05) is 26.9 Å². The first kappa shape index (κ1) is 21.3. The van der Waals surface area contributed by atoms with Crippen molar-refractivity contribution >= 4 is 11.7 Å². The SMILES string of the molecule is CO[C@@H](N)CCCCCCCC(=O)NCCOCCC(=O)[C@@]1(C)C2C[C@@H]21. The Hall–Kier alpha value is -0.980. The molecule has 0 saturated heterocycles. The van der Waals surface area contributed by atoms with Gasteiger partial charge >= 0.3 is 0 Å². The molecular formula is C20H36N2O4. The molecule has 0 heterocycles. The van der Waals surface area contributed by atoms with Crippen molar-refractivity contribution in [1.29, 1.82) is 0 Å². The molecule has 150 valence electrons. The predicted molar refractivity (Wildman–Crippen MR) is 100 cm³/mol. The number of ether oxygens (including phenoxy) is 2. The Labute approximate surface area is 157 Å². The van der Waals surface area contributed by atoms with Crippen LogP contribution in [0.5, 0.6) is 0 Å². The summed E-state index contributed by atoms with van der Waals surface area (Å²) >= 11 is 0. The molecule has 0 aliphatic heterocycles. The second-order valence-corrected chi connectivity index (χ2v) is 7.95. The van der Waals surface area contributed by atoms with Crippen LogP contribution in [-0.4, -0.2) is 44.8 Å².